The fourth-order valence-electron chi connectivity index (χ4n) is 4.97. The predicted octanol–water partition coefficient (Wildman–Crippen LogP) is 6.83. The molecule has 1 aliphatic heterocycles. The maximum Gasteiger partial charge on any atom is 0.338 e. The molecule has 12 heteroatoms. The normalized spacial score (nSPS) is 14.5. The van der Waals surface area contributed by atoms with Crippen molar-refractivity contribution in [3.63, 3.8) is 0 Å². The molecule has 3 N–H and O–H groups in total. The molecule has 0 bridgehead atoms. The topological polar surface area (TPSA) is 110 Å². The first-order valence-corrected chi connectivity index (χ1v) is 16.3. The van der Waals surface area contributed by atoms with Crippen molar-refractivity contribution in [2.24, 2.45) is 5.10 Å². The lowest BCUT2D eigenvalue weighted by atomic mass is 9.95. The molecule has 9 nitrogen and oxygen atoms in total. The number of amides is 1. The Balaban J connectivity index is 1.20. The number of halogens is 2. The number of ether oxygens (including phenoxy) is 3. The molecule has 46 heavy (non-hydrogen) atoms. The number of para-hydroxylation sites is 1. The molecule has 0 fully saturated rings. The number of hydrazone groups is 1. The van der Waals surface area contributed by atoms with E-state index in [0.717, 1.165) is 30.8 Å². The lowest BCUT2D eigenvalue weighted by Gasteiger charge is -2.30. The largest absolute Gasteiger partial charge is 0.487 e. The molecule has 0 unspecified atom stereocenters. The summed E-state index contributed by atoms with van der Waals surface area (Å²) in [6, 6.07) is 24.5. The number of nitrogens with zero attached hydrogens (tertiary/aromatic N) is 1. The first kappa shape index (κ1) is 33.1. The Kier molecular flexibility index (Phi) is 11.1. The van der Waals surface area contributed by atoms with Crippen LogP contribution in [0.25, 0.3) is 10.8 Å². The van der Waals surface area contributed by atoms with Crippen LogP contribution >= 0.6 is 44.1 Å². The number of nitrogens with one attached hydrogen (secondary N) is 3. The molecule has 0 aliphatic carbocycles. The zero-order valence-electron chi connectivity index (χ0n) is 24.9. The number of thiocarbonyl (C=S) groups is 1. The predicted molar refractivity (Wildman–Crippen MR) is 189 cm³/mol. The minimum Gasteiger partial charge on any atom is -0.487 e. The lowest BCUT2D eigenvalue weighted by molar-refractivity contribution is -0.139. The Morgan fingerprint density at radius 3 is 2.50 bits per heavy atom. The van der Waals surface area contributed by atoms with Gasteiger partial charge in [0, 0.05) is 11.3 Å². The summed E-state index contributed by atoms with van der Waals surface area (Å²) in [5.41, 5.74) is 5.88. The van der Waals surface area contributed by atoms with Gasteiger partial charge in [0.05, 0.1) is 33.4 Å². The first-order valence-electron chi connectivity index (χ1n) is 14.3. The minimum absolute atomic E-state index is 0.226. The SMILES string of the molecule is CCOC(=O)C1=C(C)NC(=S)N[C@H]1c1ccccc1OCC(=O)NN=Cc1cc(Br)c(OCc2cccc3ccccc23)c(Br)c1. The summed E-state index contributed by atoms with van der Waals surface area (Å²) >= 11 is 12.5. The molecule has 0 saturated heterocycles. The number of carbonyl (C=O) groups excluding carboxylic acids is 2. The second-order valence-electron chi connectivity index (χ2n) is 10.2. The molecule has 4 aromatic rings. The van der Waals surface area contributed by atoms with E-state index < -0.39 is 17.9 Å². The summed E-state index contributed by atoms with van der Waals surface area (Å²) in [6.07, 6.45) is 1.52. The van der Waals surface area contributed by atoms with Crippen molar-refractivity contribution in [1.82, 2.24) is 16.1 Å². The Morgan fingerprint density at radius 1 is 1.00 bits per heavy atom. The molecule has 0 saturated carbocycles. The van der Waals surface area contributed by atoms with Gasteiger partial charge in [0.2, 0.25) is 0 Å². The average molecular weight is 767 g/mol. The van der Waals surface area contributed by atoms with E-state index in [0.29, 0.717) is 40.1 Å². The van der Waals surface area contributed by atoms with Gasteiger partial charge < -0.3 is 24.8 Å². The molecule has 236 valence electrons. The number of fused-ring (bicyclic) bond motifs is 1. The van der Waals surface area contributed by atoms with Crippen LogP contribution in [0.1, 0.15) is 36.6 Å². The zero-order valence-corrected chi connectivity index (χ0v) is 28.9. The van der Waals surface area contributed by atoms with E-state index in [2.05, 4.69) is 77.3 Å². The van der Waals surface area contributed by atoms with E-state index in [1.165, 1.54) is 6.21 Å². The van der Waals surface area contributed by atoms with Crippen LogP contribution in [0.4, 0.5) is 0 Å². The van der Waals surface area contributed by atoms with Crippen LogP contribution in [0, 0.1) is 0 Å². The third-order valence-electron chi connectivity index (χ3n) is 7.03. The summed E-state index contributed by atoms with van der Waals surface area (Å²) in [7, 11) is 0. The van der Waals surface area contributed by atoms with E-state index in [-0.39, 0.29) is 13.2 Å². The van der Waals surface area contributed by atoms with E-state index in [1.807, 2.05) is 36.4 Å². The van der Waals surface area contributed by atoms with Gasteiger partial charge in [-0.15, -0.1) is 0 Å². The van der Waals surface area contributed by atoms with Crippen molar-refractivity contribution < 1.29 is 23.8 Å². The Labute approximate surface area is 288 Å². The number of esters is 1. The van der Waals surface area contributed by atoms with Gasteiger partial charge in [-0.2, -0.15) is 5.10 Å². The zero-order chi connectivity index (χ0) is 32.6. The van der Waals surface area contributed by atoms with Crippen molar-refractivity contribution >= 4 is 78.1 Å². The molecule has 1 amide bonds. The van der Waals surface area contributed by atoms with Crippen molar-refractivity contribution in [2.45, 2.75) is 26.5 Å². The van der Waals surface area contributed by atoms with Crippen molar-refractivity contribution in [2.75, 3.05) is 13.2 Å². The fourth-order valence-corrected chi connectivity index (χ4v) is 6.69. The molecule has 1 atom stereocenters. The third kappa shape index (κ3) is 7.93. The molecular formula is C34H30Br2N4O5S. The van der Waals surface area contributed by atoms with Gasteiger partial charge in [0.1, 0.15) is 18.1 Å². The monoisotopic (exact) mass is 764 g/mol. The van der Waals surface area contributed by atoms with Crippen LogP contribution < -0.4 is 25.5 Å². The van der Waals surface area contributed by atoms with Gasteiger partial charge in [0.25, 0.3) is 5.91 Å². The van der Waals surface area contributed by atoms with Crippen LogP contribution in [0.5, 0.6) is 11.5 Å². The highest BCUT2D eigenvalue weighted by molar-refractivity contribution is 9.11. The number of hydrogen-bond acceptors (Lipinski definition) is 7. The summed E-state index contributed by atoms with van der Waals surface area (Å²) in [6.45, 7) is 3.81. The Morgan fingerprint density at radius 2 is 1.72 bits per heavy atom. The Hall–Kier alpha value is -4.26. The molecule has 4 aromatic carbocycles. The number of hydrogen-bond donors (Lipinski definition) is 3. The summed E-state index contributed by atoms with van der Waals surface area (Å²) < 4.78 is 18.8. The molecular weight excluding hydrogens is 736 g/mol. The van der Waals surface area contributed by atoms with Gasteiger partial charge in [-0.05, 0) is 98.0 Å². The lowest BCUT2D eigenvalue weighted by Crippen LogP contribution is -2.45. The van der Waals surface area contributed by atoms with E-state index in [4.69, 9.17) is 26.4 Å². The highest BCUT2D eigenvalue weighted by atomic mass is 79.9. The van der Waals surface area contributed by atoms with Crippen molar-refractivity contribution in [3.05, 3.63) is 116 Å². The highest BCUT2D eigenvalue weighted by Crippen LogP contribution is 2.36. The fraction of sp³-hybridized carbons (Fsp3) is 0.176. The summed E-state index contributed by atoms with van der Waals surface area (Å²) in [5.74, 6) is 0.120. The van der Waals surface area contributed by atoms with E-state index in [9.17, 15) is 9.59 Å². The van der Waals surface area contributed by atoms with E-state index in [1.54, 1.807) is 32.0 Å². The number of carbonyl (C=O) groups is 2. The van der Waals surface area contributed by atoms with Crippen LogP contribution in [-0.2, 0) is 20.9 Å². The minimum atomic E-state index is -0.624. The van der Waals surface area contributed by atoms with Crippen molar-refractivity contribution in [1.29, 1.82) is 0 Å². The number of allylic oxidation sites excluding steroid dienone is 1. The number of benzene rings is 4. The standard InChI is InChI=1S/C34H30Br2N4O5S/c1-3-43-33(42)30-20(2)38-34(46)39-31(30)25-13-6-7-14-28(25)44-19-29(41)40-37-17-21-15-26(35)32(27(36)16-21)45-18-23-11-8-10-22-9-4-5-12-24(22)23/h4-17,31H,3,18-19H2,1-2H3,(H,40,41)(H2,38,39,46)/t31-/m0/s1. The molecule has 1 heterocycles. The van der Waals surface area contributed by atoms with Gasteiger partial charge in [-0.1, -0.05) is 60.7 Å². The van der Waals surface area contributed by atoms with Crippen LogP contribution in [0.15, 0.2) is 104 Å². The van der Waals surface area contributed by atoms with Gasteiger partial charge in [-0.3, -0.25) is 4.79 Å². The molecule has 1 aliphatic rings. The quantitative estimate of drug-likeness (QED) is 0.0661. The highest BCUT2D eigenvalue weighted by Gasteiger charge is 2.32. The van der Waals surface area contributed by atoms with Gasteiger partial charge >= 0.3 is 5.97 Å². The van der Waals surface area contributed by atoms with Gasteiger partial charge in [-0.25, -0.2) is 10.2 Å². The maximum atomic E-state index is 12.8. The third-order valence-corrected chi connectivity index (χ3v) is 8.43. The van der Waals surface area contributed by atoms with Crippen LogP contribution in [0.2, 0.25) is 0 Å². The molecule has 0 radical (unpaired) electrons. The summed E-state index contributed by atoms with van der Waals surface area (Å²) in [4.78, 5) is 25.4. The molecule has 0 aromatic heterocycles. The maximum absolute atomic E-state index is 12.8. The van der Waals surface area contributed by atoms with Gasteiger partial charge in [0.15, 0.2) is 11.7 Å². The smallest absolute Gasteiger partial charge is 0.338 e. The van der Waals surface area contributed by atoms with Crippen LogP contribution in [0.3, 0.4) is 0 Å². The second kappa shape index (κ2) is 15.4. The molecule has 0 spiro atoms. The molecule has 5 rings (SSSR count). The summed E-state index contributed by atoms with van der Waals surface area (Å²) in [5, 5.41) is 12.8. The van der Waals surface area contributed by atoms with Crippen molar-refractivity contribution in [3.8, 4) is 11.5 Å². The average Bonchev–Trinajstić information content (AvgIpc) is 3.03. The number of rotatable bonds is 11. The second-order valence-corrected chi connectivity index (χ2v) is 12.3. The van der Waals surface area contributed by atoms with Crippen LogP contribution in [-0.4, -0.2) is 36.4 Å². The van der Waals surface area contributed by atoms with E-state index >= 15 is 0 Å². The Bertz CT molecular complexity index is 1830. The first-order chi connectivity index (χ1) is 22.2.